The number of esters is 1. The Morgan fingerprint density at radius 2 is 2.29 bits per heavy atom. The van der Waals surface area contributed by atoms with Crippen molar-refractivity contribution in [2.24, 2.45) is 16.8 Å². The van der Waals surface area contributed by atoms with E-state index >= 15 is 0 Å². The van der Waals surface area contributed by atoms with E-state index in [-0.39, 0.29) is 17.0 Å². The summed E-state index contributed by atoms with van der Waals surface area (Å²) in [6.45, 7) is 0.322. The van der Waals surface area contributed by atoms with E-state index in [0.717, 1.165) is 36.1 Å². The summed E-state index contributed by atoms with van der Waals surface area (Å²) >= 11 is 6.17. The average Bonchev–Trinajstić information content (AvgIpc) is 2.93. The van der Waals surface area contributed by atoms with Gasteiger partial charge in [0.05, 0.1) is 12.1 Å². The van der Waals surface area contributed by atoms with Crippen LogP contribution in [-0.4, -0.2) is 17.3 Å². The molecule has 21 heavy (non-hydrogen) atoms. The molecule has 0 bridgehead atoms. The first-order chi connectivity index (χ1) is 10.1. The van der Waals surface area contributed by atoms with Crippen LogP contribution in [0.4, 0.5) is 0 Å². The van der Waals surface area contributed by atoms with Gasteiger partial charge in [0.1, 0.15) is 6.61 Å². The Bertz CT molecular complexity index is 522. The molecule has 114 valence electrons. The van der Waals surface area contributed by atoms with Crippen molar-refractivity contribution in [3.05, 3.63) is 21.9 Å². The zero-order chi connectivity index (χ0) is 15.1. The molecule has 5 nitrogen and oxygen atoms in total. The summed E-state index contributed by atoms with van der Waals surface area (Å²) in [5, 5.41) is 5.97. The van der Waals surface area contributed by atoms with Crippen molar-refractivity contribution in [1.82, 2.24) is 5.43 Å². The normalized spacial score (nSPS) is 16.0. The number of rotatable bonds is 5. The van der Waals surface area contributed by atoms with Gasteiger partial charge in [-0.15, -0.1) is 11.3 Å². The van der Waals surface area contributed by atoms with Gasteiger partial charge in [0, 0.05) is 10.4 Å². The monoisotopic (exact) mass is 325 g/mol. The molecule has 1 aliphatic rings. The number of nitrogens with one attached hydrogen (secondary N) is 1. The van der Waals surface area contributed by atoms with E-state index in [2.05, 4.69) is 22.7 Å². The molecule has 2 rings (SSSR count). The second kappa shape index (κ2) is 8.09. The smallest absolute Gasteiger partial charge is 0.309 e. The minimum atomic E-state index is -0.0636. The van der Waals surface area contributed by atoms with Crippen LogP contribution in [0, 0.1) is 5.92 Å². The number of nitrogens with two attached hydrogens (primary N) is 1. The number of ether oxygens (including phenoxy) is 1. The second-order valence-electron chi connectivity index (χ2n) is 5.03. The maximum atomic E-state index is 11.9. The standard InChI is InChI=1S/C14H19N3O2S2/c15-14(20)17-16-7-12-6-10(9-21-12)8-19-13(18)11-4-2-1-3-5-11/h6-7,9,11H,1-5,8H2,(H3,15,17,20)/b16-7+. The summed E-state index contributed by atoms with van der Waals surface area (Å²) in [6.07, 6.45) is 7.06. The lowest BCUT2D eigenvalue weighted by molar-refractivity contribution is -0.151. The van der Waals surface area contributed by atoms with Crippen molar-refractivity contribution in [2.75, 3.05) is 0 Å². The number of nitrogens with zero attached hydrogens (tertiary/aromatic N) is 1. The van der Waals surface area contributed by atoms with Gasteiger partial charge in [-0.3, -0.25) is 10.2 Å². The zero-order valence-corrected chi connectivity index (χ0v) is 13.3. The quantitative estimate of drug-likeness (QED) is 0.376. The number of thiocarbonyl (C=S) groups is 1. The molecule has 0 aromatic carbocycles. The van der Waals surface area contributed by atoms with Gasteiger partial charge in [-0.25, -0.2) is 0 Å². The lowest BCUT2D eigenvalue weighted by atomic mass is 9.89. The number of hydrogen-bond acceptors (Lipinski definition) is 5. The highest BCUT2D eigenvalue weighted by Crippen LogP contribution is 2.25. The van der Waals surface area contributed by atoms with Gasteiger partial charge in [-0.1, -0.05) is 19.3 Å². The van der Waals surface area contributed by atoms with E-state index in [9.17, 15) is 4.79 Å². The fourth-order valence-electron chi connectivity index (χ4n) is 2.31. The minimum absolute atomic E-state index is 0.0636. The third-order valence-electron chi connectivity index (χ3n) is 3.36. The highest BCUT2D eigenvalue weighted by Gasteiger charge is 2.22. The predicted octanol–water partition coefficient (Wildman–Crippen LogP) is 2.54. The summed E-state index contributed by atoms with van der Waals surface area (Å²) in [6, 6.07) is 1.93. The number of hydrazone groups is 1. The molecule has 1 aliphatic carbocycles. The molecule has 1 fully saturated rings. The minimum Gasteiger partial charge on any atom is -0.461 e. The third kappa shape index (κ3) is 5.43. The van der Waals surface area contributed by atoms with Crippen LogP contribution in [0.15, 0.2) is 16.5 Å². The molecule has 0 atom stereocenters. The Morgan fingerprint density at radius 3 is 3.00 bits per heavy atom. The predicted molar refractivity (Wildman–Crippen MR) is 88.2 cm³/mol. The van der Waals surface area contributed by atoms with E-state index < -0.39 is 0 Å². The fraction of sp³-hybridized carbons (Fsp3) is 0.500. The van der Waals surface area contributed by atoms with Crippen LogP contribution >= 0.6 is 23.6 Å². The van der Waals surface area contributed by atoms with Gasteiger partial charge in [-0.05, 0) is 36.5 Å². The Kier molecular flexibility index (Phi) is 6.13. The van der Waals surface area contributed by atoms with Crippen molar-refractivity contribution in [2.45, 2.75) is 38.7 Å². The van der Waals surface area contributed by atoms with Gasteiger partial charge in [0.15, 0.2) is 5.11 Å². The molecule has 0 spiro atoms. The highest BCUT2D eigenvalue weighted by atomic mass is 32.1. The van der Waals surface area contributed by atoms with Crippen molar-refractivity contribution < 1.29 is 9.53 Å². The molecule has 0 saturated heterocycles. The number of hydrogen-bond donors (Lipinski definition) is 2. The lowest BCUT2D eigenvalue weighted by Gasteiger charge is -2.19. The highest BCUT2D eigenvalue weighted by molar-refractivity contribution is 7.80. The SMILES string of the molecule is NC(=S)N/N=C/c1cc(COC(=O)C2CCCCC2)cs1. The van der Waals surface area contributed by atoms with Crippen LogP contribution in [0.3, 0.4) is 0 Å². The molecule has 3 N–H and O–H groups in total. The van der Waals surface area contributed by atoms with Crippen molar-refractivity contribution in [3.63, 3.8) is 0 Å². The summed E-state index contributed by atoms with van der Waals surface area (Å²) in [4.78, 5) is 12.9. The van der Waals surface area contributed by atoms with Crippen LogP contribution < -0.4 is 11.2 Å². The average molecular weight is 325 g/mol. The van der Waals surface area contributed by atoms with E-state index in [1.807, 2.05) is 11.4 Å². The Balaban J connectivity index is 1.78. The topological polar surface area (TPSA) is 76.7 Å². The maximum absolute atomic E-state index is 11.9. The zero-order valence-electron chi connectivity index (χ0n) is 11.7. The molecule has 0 amide bonds. The molecule has 1 saturated carbocycles. The van der Waals surface area contributed by atoms with Crippen LogP contribution in [0.2, 0.25) is 0 Å². The van der Waals surface area contributed by atoms with Gasteiger partial charge in [-0.2, -0.15) is 5.10 Å². The molecule has 1 heterocycles. The Hall–Kier alpha value is -1.47. The Labute approximate surface area is 133 Å². The lowest BCUT2D eigenvalue weighted by Crippen LogP contribution is -2.23. The van der Waals surface area contributed by atoms with Gasteiger partial charge < -0.3 is 10.5 Å². The van der Waals surface area contributed by atoms with Crippen LogP contribution in [0.25, 0.3) is 0 Å². The molecule has 0 unspecified atom stereocenters. The maximum Gasteiger partial charge on any atom is 0.309 e. The number of thiophene rings is 1. The first-order valence-corrected chi connectivity index (χ1v) is 8.26. The molecule has 0 aliphatic heterocycles. The largest absolute Gasteiger partial charge is 0.461 e. The van der Waals surface area contributed by atoms with E-state index in [1.165, 1.54) is 17.8 Å². The van der Waals surface area contributed by atoms with Crippen LogP contribution in [0.1, 0.15) is 42.5 Å². The van der Waals surface area contributed by atoms with E-state index in [1.54, 1.807) is 6.21 Å². The third-order valence-corrected chi connectivity index (χ3v) is 4.37. The molecular weight excluding hydrogens is 306 g/mol. The summed E-state index contributed by atoms with van der Waals surface area (Å²) in [5.74, 6) is 0.0273. The molecule has 7 heteroatoms. The number of carbonyl (C=O) groups is 1. The van der Waals surface area contributed by atoms with E-state index in [4.69, 9.17) is 10.5 Å². The first kappa shape index (κ1) is 15.9. The van der Waals surface area contributed by atoms with Gasteiger partial charge in [0.25, 0.3) is 0 Å². The van der Waals surface area contributed by atoms with E-state index in [0.29, 0.717) is 6.61 Å². The van der Waals surface area contributed by atoms with Gasteiger partial charge >= 0.3 is 5.97 Å². The van der Waals surface area contributed by atoms with Crippen molar-refractivity contribution in [1.29, 1.82) is 0 Å². The Morgan fingerprint density at radius 1 is 1.52 bits per heavy atom. The van der Waals surface area contributed by atoms with Gasteiger partial charge in [0.2, 0.25) is 0 Å². The fourth-order valence-corrected chi connectivity index (χ4v) is 3.12. The molecule has 0 radical (unpaired) electrons. The summed E-state index contributed by atoms with van der Waals surface area (Å²) in [7, 11) is 0. The second-order valence-corrected chi connectivity index (χ2v) is 6.42. The van der Waals surface area contributed by atoms with Crippen molar-refractivity contribution in [3.8, 4) is 0 Å². The van der Waals surface area contributed by atoms with Crippen molar-refractivity contribution >= 4 is 40.9 Å². The molecular formula is C14H19N3O2S2. The number of carbonyl (C=O) groups excluding carboxylic acids is 1. The summed E-state index contributed by atoms with van der Waals surface area (Å²) in [5.41, 5.74) is 8.74. The molecule has 1 aromatic rings. The molecule has 1 aromatic heterocycles. The van der Waals surface area contributed by atoms with Crippen LogP contribution in [-0.2, 0) is 16.1 Å². The first-order valence-electron chi connectivity index (χ1n) is 6.97. The summed E-state index contributed by atoms with van der Waals surface area (Å²) < 4.78 is 5.39. The van der Waals surface area contributed by atoms with Crippen LogP contribution in [0.5, 0.6) is 0 Å².